The van der Waals surface area contributed by atoms with Crippen molar-refractivity contribution >= 4 is 15.5 Å². The highest BCUT2D eigenvalue weighted by atomic mass is 32.2. The van der Waals surface area contributed by atoms with Crippen LogP contribution in [0.3, 0.4) is 0 Å². The van der Waals surface area contributed by atoms with Gasteiger partial charge in [0.15, 0.2) is 9.84 Å². The molecular weight excluding hydrogens is 210 g/mol. The number of hydrogen-bond acceptors (Lipinski definition) is 3. The molecule has 0 radical (unpaired) electrons. The zero-order valence-corrected chi connectivity index (χ0v) is 9.34. The summed E-state index contributed by atoms with van der Waals surface area (Å²) < 4.78 is 22.4. The Hall–Kier alpha value is -1.29. The third-order valence-corrected chi connectivity index (χ3v) is 3.72. The van der Waals surface area contributed by atoms with E-state index in [1.165, 1.54) is 5.41 Å². The van der Waals surface area contributed by atoms with Crippen LogP contribution in [0.5, 0.6) is 0 Å². The van der Waals surface area contributed by atoms with Gasteiger partial charge in [0.2, 0.25) is 0 Å². The lowest BCUT2D eigenvalue weighted by molar-refractivity contribution is 0.606. The van der Waals surface area contributed by atoms with Gasteiger partial charge < -0.3 is 5.32 Å². The van der Waals surface area contributed by atoms with Crippen LogP contribution in [0, 0.1) is 6.92 Å². The molecule has 0 spiro atoms. The molecule has 1 aromatic carbocycles. The van der Waals surface area contributed by atoms with Gasteiger partial charge in [-0.1, -0.05) is 12.1 Å². The summed E-state index contributed by atoms with van der Waals surface area (Å²) in [7, 11) is -2.95. The van der Waals surface area contributed by atoms with E-state index < -0.39 is 9.84 Å². The van der Waals surface area contributed by atoms with E-state index in [-0.39, 0.29) is 5.75 Å². The molecule has 1 heterocycles. The minimum absolute atomic E-state index is 0.223. The molecule has 1 aliphatic rings. The molecule has 0 aromatic heterocycles. The summed E-state index contributed by atoms with van der Waals surface area (Å²) in [5.74, 6) is 0.223. The van der Waals surface area contributed by atoms with Gasteiger partial charge in [0, 0.05) is 23.2 Å². The zero-order valence-electron chi connectivity index (χ0n) is 8.53. The lowest BCUT2D eigenvalue weighted by atomic mass is 10.2. The molecule has 80 valence electrons. The van der Waals surface area contributed by atoms with Gasteiger partial charge in [-0.05, 0) is 24.6 Å². The molecule has 0 atom stereocenters. The Morgan fingerprint density at radius 3 is 2.73 bits per heavy atom. The minimum Gasteiger partial charge on any atom is -0.358 e. The van der Waals surface area contributed by atoms with Gasteiger partial charge in [-0.3, -0.25) is 0 Å². The van der Waals surface area contributed by atoms with Crippen LogP contribution in [0.4, 0.5) is 5.69 Å². The van der Waals surface area contributed by atoms with Crippen molar-refractivity contribution in [2.75, 3.05) is 11.1 Å². The van der Waals surface area contributed by atoms with Crippen molar-refractivity contribution in [1.82, 2.24) is 0 Å². The first kappa shape index (κ1) is 10.2. The predicted molar refractivity (Wildman–Crippen MR) is 61.3 cm³/mol. The van der Waals surface area contributed by atoms with Crippen LogP contribution >= 0.6 is 0 Å². The largest absolute Gasteiger partial charge is 0.358 e. The standard InChI is InChI=1S/C11H13NO2S/c1-9-3-2-4-10(7-9)12-11-5-6-15(13,14)8-11/h2-4,7-8,12H,5-6H2,1H3. The molecule has 0 aliphatic carbocycles. The third-order valence-electron chi connectivity index (χ3n) is 2.30. The summed E-state index contributed by atoms with van der Waals surface area (Å²) in [5, 5.41) is 4.45. The predicted octanol–water partition coefficient (Wildman–Crippen LogP) is 2.07. The maximum absolute atomic E-state index is 11.2. The second-order valence-electron chi connectivity index (χ2n) is 3.75. The molecule has 3 nitrogen and oxygen atoms in total. The van der Waals surface area contributed by atoms with Crippen molar-refractivity contribution in [3.8, 4) is 0 Å². The van der Waals surface area contributed by atoms with Gasteiger partial charge in [-0.2, -0.15) is 0 Å². The summed E-state index contributed by atoms with van der Waals surface area (Å²) in [6, 6.07) is 7.87. The third kappa shape index (κ3) is 2.59. The molecule has 0 amide bonds. The molecule has 0 saturated heterocycles. The number of anilines is 1. The fourth-order valence-electron chi connectivity index (χ4n) is 1.59. The Morgan fingerprint density at radius 2 is 2.13 bits per heavy atom. The number of rotatable bonds is 2. The minimum atomic E-state index is -2.95. The number of benzene rings is 1. The van der Waals surface area contributed by atoms with Crippen molar-refractivity contribution in [2.45, 2.75) is 13.3 Å². The maximum atomic E-state index is 11.2. The Kier molecular flexibility index (Phi) is 2.52. The lowest BCUT2D eigenvalue weighted by Gasteiger charge is -2.06. The smallest absolute Gasteiger partial charge is 0.173 e. The number of sulfone groups is 1. The summed E-state index contributed by atoms with van der Waals surface area (Å²) in [4.78, 5) is 0. The summed E-state index contributed by atoms with van der Waals surface area (Å²) in [5.41, 5.74) is 2.88. The van der Waals surface area contributed by atoms with Gasteiger partial charge >= 0.3 is 0 Å². The highest BCUT2D eigenvalue weighted by Gasteiger charge is 2.17. The number of nitrogens with one attached hydrogen (secondary N) is 1. The fraction of sp³-hybridized carbons (Fsp3) is 0.273. The second-order valence-corrected chi connectivity index (χ2v) is 5.72. The Morgan fingerprint density at radius 1 is 1.33 bits per heavy atom. The van der Waals surface area contributed by atoms with Crippen molar-refractivity contribution in [2.24, 2.45) is 0 Å². The van der Waals surface area contributed by atoms with E-state index in [0.717, 1.165) is 16.9 Å². The molecule has 0 unspecified atom stereocenters. The molecule has 0 saturated carbocycles. The summed E-state index contributed by atoms with van der Waals surface area (Å²) in [6.07, 6.45) is 0.580. The monoisotopic (exact) mass is 223 g/mol. The Balaban J connectivity index is 2.17. The van der Waals surface area contributed by atoms with Gasteiger partial charge in [-0.25, -0.2) is 8.42 Å². The van der Waals surface area contributed by atoms with Crippen LogP contribution in [0.25, 0.3) is 0 Å². The highest BCUT2D eigenvalue weighted by molar-refractivity contribution is 7.94. The number of hydrogen-bond donors (Lipinski definition) is 1. The molecule has 0 bridgehead atoms. The van der Waals surface area contributed by atoms with Gasteiger partial charge in [0.25, 0.3) is 0 Å². The highest BCUT2D eigenvalue weighted by Crippen LogP contribution is 2.20. The van der Waals surface area contributed by atoms with E-state index in [4.69, 9.17) is 0 Å². The maximum Gasteiger partial charge on any atom is 0.173 e. The second kappa shape index (κ2) is 3.70. The SMILES string of the molecule is Cc1cccc(NC2=CS(=O)(=O)CC2)c1. The zero-order chi connectivity index (χ0) is 10.9. The normalized spacial score (nSPS) is 18.6. The van der Waals surface area contributed by atoms with Crippen molar-refractivity contribution in [3.63, 3.8) is 0 Å². The van der Waals surface area contributed by atoms with Crippen molar-refractivity contribution in [1.29, 1.82) is 0 Å². The van der Waals surface area contributed by atoms with E-state index in [9.17, 15) is 8.42 Å². The van der Waals surface area contributed by atoms with Crippen LogP contribution in [-0.2, 0) is 9.84 Å². The van der Waals surface area contributed by atoms with Crippen molar-refractivity contribution < 1.29 is 8.42 Å². The first-order chi connectivity index (χ1) is 7.05. The molecule has 1 aromatic rings. The molecule has 0 fully saturated rings. The topological polar surface area (TPSA) is 46.2 Å². The molecule has 2 rings (SSSR count). The van der Waals surface area contributed by atoms with Gasteiger partial charge in [-0.15, -0.1) is 0 Å². The van der Waals surface area contributed by atoms with E-state index in [0.29, 0.717) is 6.42 Å². The molecular formula is C11H13NO2S. The van der Waals surface area contributed by atoms with Gasteiger partial charge in [0.05, 0.1) is 5.75 Å². The van der Waals surface area contributed by atoms with E-state index in [1.807, 2.05) is 31.2 Å². The quantitative estimate of drug-likeness (QED) is 0.834. The Labute approximate surface area is 89.7 Å². The number of allylic oxidation sites excluding steroid dienone is 1. The summed E-state index contributed by atoms with van der Waals surface area (Å²) >= 11 is 0. The Bertz CT molecular complexity index is 503. The van der Waals surface area contributed by atoms with E-state index in [1.54, 1.807) is 0 Å². The van der Waals surface area contributed by atoms with Crippen LogP contribution in [0.15, 0.2) is 35.4 Å². The fourth-order valence-corrected chi connectivity index (χ4v) is 2.82. The average molecular weight is 223 g/mol. The lowest BCUT2D eigenvalue weighted by Crippen LogP contribution is -1.97. The van der Waals surface area contributed by atoms with Crippen molar-refractivity contribution in [3.05, 3.63) is 40.9 Å². The molecule has 1 N–H and O–H groups in total. The van der Waals surface area contributed by atoms with Gasteiger partial charge in [0.1, 0.15) is 0 Å². The van der Waals surface area contributed by atoms with E-state index >= 15 is 0 Å². The first-order valence-electron chi connectivity index (χ1n) is 4.82. The first-order valence-corrected chi connectivity index (χ1v) is 6.54. The van der Waals surface area contributed by atoms with Crippen LogP contribution in [0.2, 0.25) is 0 Å². The van der Waals surface area contributed by atoms with Crippen LogP contribution in [-0.4, -0.2) is 14.2 Å². The van der Waals surface area contributed by atoms with E-state index in [2.05, 4.69) is 5.32 Å². The van der Waals surface area contributed by atoms with Crippen LogP contribution in [0.1, 0.15) is 12.0 Å². The molecule has 15 heavy (non-hydrogen) atoms. The summed E-state index contributed by atoms with van der Waals surface area (Å²) in [6.45, 7) is 2.00. The molecule has 1 aliphatic heterocycles. The average Bonchev–Trinajstić information content (AvgIpc) is 2.45. The number of aryl methyl sites for hydroxylation is 1. The molecule has 4 heteroatoms. The van der Waals surface area contributed by atoms with Crippen LogP contribution < -0.4 is 5.32 Å².